The van der Waals surface area contributed by atoms with E-state index in [2.05, 4.69) is 37.5 Å². The van der Waals surface area contributed by atoms with Gasteiger partial charge in [-0.1, -0.05) is 24.3 Å². The molecule has 0 unspecified atom stereocenters. The average Bonchev–Trinajstić information content (AvgIpc) is 3.01. The van der Waals surface area contributed by atoms with Gasteiger partial charge in [0.1, 0.15) is 5.69 Å². The fourth-order valence-corrected chi connectivity index (χ4v) is 1.65. The van der Waals surface area contributed by atoms with Gasteiger partial charge < -0.3 is 4.98 Å². The maximum Gasteiger partial charge on any atom is 0.159 e. The molecule has 0 fully saturated rings. The van der Waals surface area contributed by atoms with E-state index in [-0.39, 0.29) is 5.92 Å². The van der Waals surface area contributed by atoms with Gasteiger partial charge in [-0.3, -0.25) is 0 Å². The number of aromatic nitrogens is 5. The van der Waals surface area contributed by atoms with Crippen LogP contribution in [0.3, 0.4) is 0 Å². The van der Waals surface area contributed by atoms with Crippen LogP contribution in [0.2, 0.25) is 0 Å². The highest BCUT2D eigenvalue weighted by Gasteiger charge is 2.18. The van der Waals surface area contributed by atoms with Crippen molar-refractivity contribution < 1.29 is 0 Å². The number of nitrogens with one attached hydrogen (secondary N) is 2. The van der Waals surface area contributed by atoms with E-state index in [1.54, 1.807) is 12.4 Å². The van der Waals surface area contributed by atoms with Gasteiger partial charge in [0.25, 0.3) is 0 Å². The molecule has 2 aromatic heterocycles. The largest absolute Gasteiger partial charge is 0.343 e. The molecule has 0 atom stereocenters. The standard InChI is InChI=1S/C10H9N5/c1-2-4-7(3-1)8-9(14-15-13-8)10-11-5-6-12-10/h1-7H,(H,11,12)(H,13,14,15). The molecule has 0 saturated carbocycles. The van der Waals surface area contributed by atoms with Gasteiger partial charge in [-0.2, -0.15) is 15.4 Å². The Morgan fingerprint density at radius 2 is 2.00 bits per heavy atom. The van der Waals surface area contributed by atoms with E-state index >= 15 is 0 Å². The van der Waals surface area contributed by atoms with Gasteiger partial charge in [0.05, 0.1) is 0 Å². The number of imidazole rings is 1. The van der Waals surface area contributed by atoms with Crippen molar-refractivity contribution in [2.24, 2.45) is 0 Å². The molecular weight excluding hydrogens is 190 g/mol. The predicted octanol–water partition coefficient (Wildman–Crippen LogP) is 1.40. The molecule has 15 heavy (non-hydrogen) atoms. The summed E-state index contributed by atoms with van der Waals surface area (Å²) in [5, 5.41) is 10.9. The number of hydrogen-bond acceptors (Lipinski definition) is 3. The van der Waals surface area contributed by atoms with E-state index in [9.17, 15) is 0 Å². The number of hydrogen-bond donors (Lipinski definition) is 2. The maximum atomic E-state index is 4.16. The van der Waals surface area contributed by atoms with Gasteiger partial charge in [-0.05, 0) is 0 Å². The summed E-state index contributed by atoms with van der Waals surface area (Å²) in [6, 6.07) is 0. The van der Waals surface area contributed by atoms with Gasteiger partial charge in [-0.25, -0.2) is 4.98 Å². The molecule has 5 heteroatoms. The second kappa shape index (κ2) is 3.20. The van der Waals surface area contributed by atoms with E-state index in [0.717, 1.165) is 17.2 Å². The van der Waals surface area contributed by atoms with Crippen LogP contribution in [0, 0.1) is 0 Å². The van der Waals surface area contributed by atoms with E-state index in [1.807, 2.05) is 12.2 Å². The van der Waals surface area contributed by atoms with Gasteiger partial charge in [0, 0.05) is 18.3 Å². The molecule has 1 aliphatic carbocycles. The molecule has 3 rings (SSSR count). The lowest BCUT2D eigenvalue weighted by Crippen LogP contribution is -1.94. The zero-order valence-electron chi connectivity index (χ0n) is 7.88. The van der Waals surface area contributed by atoms with Crippen LogP contribution in [0.25, 0.3) is 11.5 Å². The van der Waals surface area contributed by atoms with Crippen LogP contribution in [0.5, 0.6) is 0 Å². The quantitative estimate of drug-likeness (QED) is 0.768. The lowest BCUT2D eigenvalue weighted by Gasteiger charge is -2.01. The Bertz CT molecular complexity index is 494. The molecule has 5 nitrogen and oxygen atoms in total. The summed E-state index contributed by atoms with van der Waals surface area (Å²) in [5.74, 6) is 0.941. The van der Waals surface area contributed by atoms with Gasteiger partial charge in [0.15, 0.2) is 11.5 Å². The lowest BCUT2D eigenvalue weighted by atomic mass is 10.1. The van der Waals surface area contributed by atoms with Crippen molar-refractivity contribution in [2.75, 3.05) is 0 Å². The highest BCUT2D eigenvalue weighted by molar-refractivity contribution is 5.55. The second-order valence-electron chi connectivity index (χ2n) is 3.29. The fourth-order valence-electron chi connectivity index (χ4n) is 1.65. The Kier molecular flexibility index (Phi) is 1.74. The van der Waals surface area contributed by atoms with Crippen molar-refractivity contribution in [3.63, 3.8) is 0 Å². The van der Waals surface area contributed by atoms with E-state index in [0.29, 0.717) is 0 Å². The Labute approximate surface area is 85.9 Å². The first-order chi connectivity index (χ1) is 7.45. The van der Waals surface area contributed by atoms with Crippen molar-refractivity contribution in [1.29, 1.82) is 0 Å². The minimum Gasteiger partial charge on any atom is -0.343 e. The van der Waals surface area contributed by atoms with E-state index < -0.39 is 0 Å². The van der Waals surface area contributed by atoms with E-state index in [1.165, 1.54) is 0 Å². The van der Waals surface area contributed by atoms with Crippen LogP contribution >= 0.6 is 0 Å². The fraction of sp³-hybridized carbons (Fsp3) is 0.100. The summed E-state index contributed by atoms with van der Waals surface area (Å²) in [6.07, 6.45) is 11.6. The molecule has 2 N–H and O–H groups in total. The highest BCUT2D eigenvalue weighted by Crippen LogP contribution is 2.27. The number of rotatable bonds is 2. The summed E-state index contributed by atoms with van der Waals surface area (Å²) in [6.45, 7) is 0. The molecule has 0 aliphatic heterocycles. The van der Waals surface area contributed by atoms with Gasteiger partial charge in [0.2, 0.25) is 0 Å². The summed E-state index contributed by atoms with van der Waals surface area (Å²) in [7, 11) is 0. The average molecular weight is 199 g/mol. The third-order valence-corrected chi connectivity index (χ3v) is 2.36. The zero-order valence-corrected chi connectivity index (χ0v) is 7.88. The molecule has 1 aliphatic rings. The normalized spacial score (nSPS) is 15.2. The van der Waals surface area contributed by atoms with E-state index in [4.69, 9.17) is 0 Å². The van der Waals surface area contributed by atoms with Crippen LogP contribution in [-0.2, 0) is 0 Å². The molecule has 0 aromatic carbocycles. The summed E-state index contributed by atoms with van der Waals surface area (Å²) >= 11 is 0. The monoisotopic (exact) mass is 199 g/mol. The Morgan fingerprint density at radius 3 is 2.73 bits per heavy atom. The molecular formula is C10H9N5. The third kappa shape index (κ3) is 1.28. The smallest absolute Gasteiger partial charge is 0.159 e. The van der Waals surface area contributed by atoms with Crippen molar-refractivity contribution in [1.82, 2.24) is 25.4 Å². The van der Waals surface area contributed by atoms with Crippen LogP contribution in [-0.4, -0.2) is 25.4 Å². The highest BCUT2D eigenvalue weighted by atomic mass is 15.3. The lowest BCUT2D eigenvalue weighted by molar-refractivity contribution is 0.900. The summed E-state index contributed by atoms with van der Waals surface area (Å²) in [4.78, 5) is 7.19. The molecule has 0 radical (unpaired) electrons. The molecule has 0 saturated heterocycles. The number of allylic oxidation sites excluding steroid dienone is 4. The Hall–Kier alpha value is -2.17. The maximum absolute atomic E-state index is 4.16. The molecule has 0 spiro atoms. The van der Waals surface area contributed by atoms with Gasteiger partial charge >= 0.3 is 0 Å². The first-order valence-corrected chi connectivity index (χ1v) is 4.70. The number of nitrogens with zero attached hydrogens (tertiary/aromatic N) is 3. The Balaban J connectivity index is 2.06. The van der Waals surface area contributed by atoms with Crippen LogP contribution < -0.4 is 0 Å². The van der Waals surface area contributed by atoms with Crippen molar-refractivity contribution >= 4 is 0 Å². The zero-order chi connectivity index (χ0) is 10.1. The first-order valence-electron chi connectivity index (χ1n) is 4.70. The minimum absolute atomic E-state index is 0.198. The van der Waals surface area contributed by atoms with Crippen molar-refractivity contribution in [3.05, 3.63) is 42.4 Å². The summed E-state index contributed by atoms with van der Waals surface area (Å²) < 4.78 is 0. The number of aromatic amines is 2. The Morgan fingerprint density at radius 1 is 1.13 bits per heavy atom. The molecule has 2 aromatic rings. The van der Waals surface area contributed by atoms with Crippen LogP contribution in [0.1, 0.15) is 11.6 Å². The molecule has 0 amide bonds. The number of H-pyrrole nitrogens is 2. The van der Waals surface area contributed by atoms with Crippen LogP contribution in [0.4, 0.5) is 0 Å². The third-order valence-electron chi connectivity index (χ3n) is 2.36. The SMILES string of the molecule is C1=CC(c2n[nH]nc2-c2ncc[nH]2)C=C1. The molecule has 0 bridgehead atoms. The minimum atomic E-state index is 0.198. The predicted molar refractivity (Wildman–Crippen MR) is 55.0 cm³/mol. The van der Waals surface area contributed by atoms with Crippen molar-refractivity contribution in [3.8, 4) is 11.5 Å². The first kappa shape index (κ1) is 8.16. The molecule has 74 valence electrons. The summed E-state index contributed by atoms with van der Waals surface area (Å²) in [5.41, 5.74) is 1.68. The van der Waals surface area contributed by atoms with Gasteiger partial charge in [-0.15, -0.1) is 0 Å². The second-order valence-corrected chi connectivity index (χ2v) is 3.29. The molecule has 2 heterocycles. The van der Waals surface area contributed by atoms with Crippen LogP contribution in [0.15, 0.2) is 36.7 Å². The van der Waals surface area contributed by atoms with Crippen molar-refractivity contribution in [2.45, 2.75) is 5.92 Å². The topological polar surface area (TPSA) is 70.2 Å².